The lowest BCUT2D eigenvalue weighted by Gasteiger charge is -2.46. The van der Waals surface area contributed by atoms with Gasteiger partial charge >= 0.3 is 0 Å². The zero-order chi connectivity index (χ0) is 14.8. The summed E-state index contributed by atoms with van der Waals surface area (Å²) >= 11 is 0. The minimum Gasteiger partial charge on any atom is -0.0620 e. The van der Waals surface area contributed by atoms with Crippen LogP contribution in [-0.2, 0) is 11.8 Å². The van der Waals surface area contributed by atoms with E-state index in [1.165, 1.54) is 56.9 Å². The van der Waals surface area contributed by atoms with Crippen LogP contribution in [-0.4, -0.2) is 0 Å². The molecule has 1 saturated carbocycles. The first kappa shape index (κ1) is 14.1. The first-order valence-corrected chi connectivity index (χ1v) is 8.95. The van der Waals surface area contributed by atoms with Crippen molar-refractivity contribution in [2.24, 2.45) is 0 Å². The summed E-state index contributed by atoms with van der Waals surface area (Å²) in [5.41, 5.74) is 5.03. The fraction of sp³-hybridized carbons (Fsp3) is 0.455. The molecule has 0 nitrogen and oxygen atoms in total. The van der Waals surface area contributed by atoms with Gasteiger partial charge in [0.25, 0.3) is 0 Å². The van der Waals surface area contributed by atoms with Gasteiger partial charge in [0, 0.05) is 5.41 Å². The van der Waals surface area contributed by atoms with Crippen LogP contribution >= 0.6 is 0 Å². The van der Waals surface area contributed by atoms with Crippen molar-refractivity contribution < 1.29 is 0 Å². The molecule has 0 N–H and O–H groups in total. The lowest BCUT2D eigenvalue weighted by Crippen LogP contribution is -2.37. The molecule has 0 aromatic heterocycles. The van der Waals surface area contributed by atoms with Crippen molar-refractivity contribution in [1.29, 1.82) is 0 Å². The number of rotatable bonds is 2. The maximum atomic E-state index is 3.61. The summed E-state index contributed by atoms with van der Waals surface area (Å²) in [4.78, 5) is 0. The third-order valence-electron chi connectivity index (χ3n) is 6.03. The molecule has 0 aliphatic heterocycles. The summed E-state index contributed by atoms with van der Waals surface area (Å²) < 4.78 is 0. The SMILES string of the molecule is [c]1ccccc1C1(C2CCCc3ccccc32)CCCCC1. The first-order valence-electron chi connectivity index (χ1n) is 8.95. The Bertz CT molecular complexity index is 619. The van der Waals surface area contributed by atoms with E-state index in [0.29, 0.717) is 11.3 Å². The standard InChI is InChI=1S/C22H25/c1-3-12-19(13-4-1)22(16-7-2-8-17-22)21-15-9-11-18-10-5-6-14-20(18)21/h1,3-6,10,12,14,21H,2,7-9,11,15-17H2. The summed E-state index contributed by atoms with van der Waals surface area (Å²) in [6.07, 6.45) is 10.8. The highest BCUT2D eigenvalue weighted by molar-refractivity contribution is 5.39. The van der Waals surface area contributed by atoms with E-state index in [4.69, 9.17) is 0 Å². The molecular formula is C22H25. The third-order valence-corrected chi connectivity index (χ3v) is 6.03. The molecule has 4 rings (SSSR count). The van der Waals surface area contributed by atoms with Gasteiger partial charge in [-0.3, -0.25) is 0 Å². The molecular weight excluding hydrogens is 264 g/mol. The van der Waals surface area contributed by atoms with E-state index in [9.17, 15) is 0 Å². The molecule has 1 atom stereocenters. The van der Waals surface area contributed by atoms with Gasteiger partial charge in [-0.05, 0) is 60.8 Å². The van der Waals surface area contributed by atoms with Crippen molar-refractivity contribution in [2.75, 3.05) is 0 Å². The molecule has 22 heavy (non-hydrogen) atoms. The van der Waals surface area contributed by atoms with E-state index in [-0.39, 0.29) is 0 Å². The van der Waals surface area contributed by atoms with E-state index in [1.54, 1.807) is 11.1 Å². The van der Waals surface area contributed by atoms with Crippen LogP contribution in [0.2, 0.25) is 0 Å². The van der Waals surface area contributed by atoms with Gasteiger partial charge in [0.15, 0.2) is 0 Å². The third kappa shape index (κ3) is 2.29. The largest absolute Gasteiger partial charge is 0.0620 e. The minimum absolute atomic E-state index is 0.329. The average Bonchev–Trinajstić information content (AvgIpc) is 2.62. The Morgan fingerprint density at radius 2 is 1.68 bits per heavy atom. The molecule has 2 aliphatic rings. The van der Waals surface area contributed by atoms with E-state index in [2.05, 4.69) is 54.6 Å². The molecule has 1 unspecified atom stereocenters. The molecule has 2 aliphatic carbocycles. The van der Waals surface area contributed by atoms with Gasteiger partial charge in [-0.1, -0.05) is 67.8 Å². The van der Waals surface area contributed by atoms with Crippen molar-refractivity contribution in [3.63, 3.8) is 0 Å². The predicted octanol–water partition coefficient (Wildman–Crippen LogP) is 5.81. The molecule has 0 spiro atoms. The summed E-state index contributed by atoms with van der Waals surface area (Å²) in [5, 5.41) is 0. The molecule has 0 heterocycles. The van der Waals surface area contributed by atoms with Crippen LogP contribution in [0.1, 0.15) is 67.6 Å². The second-order valence-corrected chi connectivity index (χ2v) is 7.14. The predicted molar refractivity (Wildman–Crippen MR) is 92.2 cm³/mol. The van der Waals surface area contributed by atoms with Crippen molar-refractivity contribution in [3.05, 3.63) is 71.3 Å². The van der Waals surface area contributed by atoms with Gasteiger partial charge < -0.3 is 0 Å². The van der Waals surface area contributed by atoms with Gasteiger partial charge in [0.1, 0.15) is 0 Å². The number of fused-ring (bicyclic) bond motifs is 1. The van der Waals surface area contributed by atoms with E-state index in [1.807, 2.05) is 0 Å². The number of benzene rings is 2. The van der Waals surface area contributed by atoms with Crippen LogP contribution in [0, 0.1) is 6.07 Å². The summed E-state index contributed by atoms with van der Waals surface area (Å²) in [6.45, 7) is 0. The van der Waals surface area contributed by atoms with Gasteiger partial charge in [0.05, 0.1) is 0 Å². The Hall–Kier alpha value is -1.56. The van der Waals surface area contributed by atoms with Crippen molar-refractivity contribution in [3.8, 4) is 0 Å². The smallest absolute Gasteiger partial charge is 0.00279 e. The van der Waals surface area contributed by atoms with Crippen molar-refractivity contribution >= 4 is 0 Å². The zero-order valence-electron chi connectivity index (χ0n) is 13.4. The quantitative estimate of drug-likeness (QED) is 0.654. The first-order chi connectivity index (χ1) is 10.9. The maximum absolute atomic E-state index is 3.61. The van der Waals surface area contributed by atoms with Crippen molar-refractivity contribution in [1.82, 2.24) is 0 Å². The fourth-order valence-electron chi connectivity index (χ4n) is 5.02. The topological polar surface area (TPSA) is 0 Å². The van der Waals surface area contributed by atoms with Crippen LogP contribution in [0.5, 0.6) is 0 Å². The summed E-state index contributed by atoms with van der Waals surface area (Å²) in [7, 11) is 0. The molecule has 0 amide bonds. The minimum atomic E-state index is 0.329. The second-order valence-electron chi connectivity index (χ2n) is 7.14. The maximum Gasteiger partial charge on any atom is 0.00279 e. The molecule has 0 bridgehead atoms. The van der Waals surface area contributed by atoms with E-state index in [0.717, 1.165) is 0 Å². The number of aryl methyl sites for hydroxylation is 1. The highest BCUT2D eigenvalue weighted by Gasteiger charge is 2.43. The lowest BCUT2D eigenvalue weighted by atomic mass is 9.57. The Morgan fingerprint density at radius 1 is 0.864 bits per heavy atom. The highest BCUT2D eigenvalue weighted by atomic mass is 14.5. The normalized spacial score (nSPS) is 23.7. The van der Waals surface area contributed by atoms with Crippen molar-refractivity contribution in [2.45, 2.75) is 62.7 Å². The second kappa shape index (κ2) is 5.91. The molecule has 2 aromatic rings. The number of hydrogen-bond acceptors (Lipinski definition) is 0. The Kier molecular flexibility index (Phi) is 3.78. The van der Waals surface area contributed by atoms with Crippen LogP contribution in [0.4, 0.5) is 0 Å². The van der Waals surface area contributed by atoms with Gasteiger partial charge in [-0.25, -0.2) is 0 Å². The monoisotopic (exact) mass is 289 g/mol. The molecule has 1 radical (unpaired) electrons. The van der Waals surface area contributed by atoms with Crippen LogP contribution in [0.15, 0.2) is 48.5 Å². The summed E-state index contributed by atoms with van der Waals surface area (Å²) in [5.74, 6) is 0.691. The van der Waals surface area contributed by atoms with Gasteiger partial charge in [-0.15, -0.1) is 0 Å². The van der Waals surface area contributed by atoms with Gasteiger partial charge in [-0.2, -0.15) is 0 Å². The highest BCUT2D eigenvalue weighted by Crippen LogP contribution is 2.53. The fourth-order valence-corrected chi connectivity index (χ4v) is 5.02. The summed E-state index contributed by atoms with van der Waals surface area (Å²) in [6, 6.07) is 21.6. The average molecular weight is 289 g/mol. The Morgan fingerprint density at radius 3 is 2.50 bits per heavy atom. The molecule has 113 valence electrons. The molecule has 1 fully saturated rings. The van der Waals surface area contributed by atoms with Gasteiger partial charge in [0.2, 0.25) is 0 Å². The van der Waals surface area contributed by atoms with Crippen LogP contribution in [0.3, 0.4) is 0 Å². The van der Waals surface area contributed by atoms with E-state index < -0.39 is 0 Å². The van der Waals surface area contributed by atoms with Crippen LogP contribution < -0.4 is 0 Å². The molecule has 0 heteroatoms. The molecule has 2 aromatic carbocycles. The Labute approximate surface area is 134 Å². The zero-order valence-corrected chi connectivity index (χ0v) is 13.4. The van der Waals surface area contributed by atoms with E-state index >= 15 is 0 Å². The number of hydrogen-bond donors (Lipinski definition) is 0. The Balaban J connectivity index is 1.83. The molecule has 0 saturated heterocycles. The lowest BCUT2D eigenvalue weighted by molar-refractivity contribution is 0.224. The van der Waals surface area contributed by atoms with Crippen LogP contribution in [0.25, 0.3) is 0 Å².